The molecule has 4 saturated carbocycles. The zero-order valence-electron chi connectivity index (χ0n) is 19.4. The van der Waals surface area contributed by atoms with Gasteiger partial charge in [-0.15, -0.1) is 17.5 Å². The Bertz CT molecular complexity index is 541. The lowest BCUT2D eigenvalue weighted by Gasteiger charge is -2.57. The number of rotatable bonds is 14. The van der Waals surface area contributed by atoms with E-state index in [9.17, 15) is 0 Å². The molecule has 0 spiro atoms. The van der Waals surface area contributed by atoms with Gasteiger partial charge in [-0.25, -0.2) is 0 Å². The Balaban J connectivity index is 0.00000320. The minimum atomic E-state index is 0. The summed E-state index contributed by atoms with van der Waals surface area (Å²) in [5.41, 5.74) is 12.8. The van der Waals surface area contributed by atoms with Crippen molar-refractivity contribution in [1.82, 2.24) is 0 Å². The van der Waals surface area contributed by atoms with E-state index in [1.807, 2.05) is 0 Å². The van der Waals surface area contributed by atoms with Gasteiger partial charge in [0.1, 0.15) is 0 Å². The lowest BCUT2D eigenvalue weighted by molar-refractivity contribution is 0.0399. The fourth-order valence-corrected chi connectivity index (χ4v) is 6.89. The molecule has 30 heavy (non-hydrogen) atoms. The van der Waals surface area contributed by atoms with Crippen LogP contribution < -0.4 is 11.5 Å². The van der Waals surface area contributed by atoms with E-state index in [0.717, 1.165) is 11.8 Å². The summed E-state index contributed by atoms with van der Waals surface area (Å²) in [4.78, 5) is 0. The molecule has 0 aromatic heterocycles. The molecule has 0 aromatic rings. The van der Waals surface area contributed by atoms with Gasteiger partial charge in [-0.1, -0.05) is 84.0 Å². The number of unbranched alkanes of at least 4 members (excludes halogenated alkanes) is 11. The maximum Gasteiger partial charge on any atom is 0.211 e. The molecule has 4 atom stereocenters. The van der Waals surface area contributed by atoms with E-state index in [0.29, 0.717) is 11.3 Å². The molecule has 4 N–H and O–H groups in total. The Kier molecular flexibility index (Phi) is 11.0. The number of halogens is 1. The van der Waals surface area contributed by atoms with Crippen molar-refractivity contribution in [2.75, 3.05) is 0 Å². The van der Waals surface area contributed by atoms with Gasteiger partial charge < -0.3 is 11.5 Å². The van der Waals surface area contributed by atoms with Crippen LogP contribution in [-0.4, -0.2) is 11.7 Å². The summed E-state index contributed by atoms with van der Waals surface area (Å²) in [6.07, 6.45) is 25.1. The van der Waals surface area contributed by atoms with Crippen LogP contribution in [-0.2, 0) is 0 Å². The quantitative estimate of drug-likeness (QED) is 0.133. The Morgan fingerprint density at radius 3 is 1.80 bits per heavy atom. The lowest BCUT2D eigenvalue weighted by atomic mass is 9.47. The van der Waals surface area contributed by atoms with Crippen molar-refractivity contribution < 1.29 is 0 Å². The Morgan fingerprint density at radius 1 is 0.800 bits per heavy atom. The molecule has 2 unspecified atom stereocenters. The van der Waals surface area contributed by atoms with Gasteiger partial charge in [-0.3, -0.25) is 0 Å². The van der Waals surface area contributed by atoms with E-state index in [2.05, 4.69) is 17.1 Å². The van der Waals surface area contributed by atoms with E-state index in [-0.39, 0.29) is 18.4 Å². The van der Waals surface area contributed by atoms with Gasteiger partial charge >= 0.3 is 0 Å². The molecule has 174 valence electrons. The largest absolute Gasteiger partial charge is 0.369 e. The molecule has 0 amide bonds. The highest BCUT2D eigenvalue weighted by Gasteiger charge is 2.54. The number of nitrogens with zero attached hydrogens (tertiary/aromatic N) is 2. The fourth-order valence-electron chi connectivity index (χ4n) is 6.89. The standard InChI is InChI=1S/C25H46N4.ClH/c1-2-3-4-5-6-7-8-9-10-11-12-13-14-25-18-20-15-21(19-25)17-22(16-20)23(25)28-29-24(26)27;/h20-22H,2-19H2,1H3,(H4,26,27,29);1H/b28-23+;/t20-,21+,22?,25?;. The second-order valence-electron chi connectivity index (χ2n) is 10.5. The molecule has 0 saturated heterocycles. The van der Waals surface area contributed by atoms with Gasteiger partial charge in [0, 0.05) is 17.0 Å². The van der Waals surface area contributed by atoms with Crippen LogP contribution >= 0.6 is 12.4 Å². The predicted molar refractivity (Wildman–Crippen MR) is 132 cm³/mol. The summed E-state index contributed by atoms with van der Waals surface area (Å²) in [6.45, 7) is 2.29. The molecule has 4 rings (SSSR count). The average Bonchev–Trinajstić information content (AvgIpc) is 2.67. The highest BCUT2D eigenvalue weighted by molar-refractivity contribution is 5.94. The molecule has 4 aliphatic rings. The molecule has 0 aliphatic heterocycles. The molecule has 0 heterocycles. The van der Waals surface area contributed by atoms with Crippen LogP contribution in [0.25, 0.3) is 0 Å². The Morgan fingerprint density at radius 2 is 1.30 bits per heavy atom. The molecule has 4 aliphatic carbocycles. The van der Waals surface area contributed by atoms with Crippen LogP contribution in [0, 0.1) is 23.2 Å². The highest BCUT2D eigenvalue weighted by Crippen LogP contribution is 2.60. The first-order valence-corrected chi connectivity index (χ1v) is 12.8. The first kappa shape index (κ1) is 25.5. The van der Waals surface area contributed by atoms with Gasteiger partial charge in [-0.05, 0) is 50.4 Å². The van der Waals surface area contributed by atoms with Crippen molar-refractivity contribution in [1.29, 1.82) is 0 Å². The molecular weight excluding hydrogens is 392 g/mol. The lowest BCUT2D eigenvalue weighted by Crippen LogP contribution is -2.53. The van der Waals surface area contributed by atoms with E-state index in [1.54, 1.807) is 0 Å². The minimum absolute atomic E-state index is 0. The maximum absolute atomic E-state index is 5.58. The second-order valence-corrected chi connectivity index (χ2v) is 10.5. The molecule has 4 nitrogen and oxygen atoms in total. The van der Waals surface area contributed by atoms with E-state index in [1.165, 1.54) is 121 Å². The van der Waals surface area contributed by atoms with Gasteiger partial charge in [0.05, 0.1) is 0 Å². The number of hydrogen-bond donors (Lipinski definition) is 2. The average molecular weight is 439 g/mol. The first-order valence-electron chi connectivity index (χ1n) is 12.8. The summed E-state index contributed by atoms with van der Waals surface area (Å²) >= 11 is 0. The minimum Gasteiger partial charge on any atom is -0.369 e. The van der Waals surface area contributed by atoms with Crippen LogP contribution in [0.15, 0.2) is 10.2 Å². The molecule has 4 fully saturated rings. The van der Waals surface area contributed by atoms with Gasteiger partial charge in [-0.2, -0.15) is 5.10 Å². The normalized spacial score (nSPS) is 30.4. The van der Waals surface area contributed by atoms with Crippen LogP contribution in [0.3, 0.4) is 0 Å². The molecule has 0 aromatic carbocycles. The van der Waals surface area contributed by atoms with Crippen molar-refractivity contribution >= 4 is 24.1 Å². The summed E-state index contributed by atoms with van der Waals surface area (Å²) in [6, 6.07) is 0. The maximum atomic E-state index is 5.58. The van der Waals surface area contributed by atoms with Crippen LogP contribution in [0.5, 0.6) is 0 Å². The summed E-state index contributed by atoms with van der Waals surface area (Å²) < 4.78 is 0. The Labute approximate surface area is 191 Å². The van der Waals surface area contributed by atoms with Crippen molar-refractivity contribution in [3.05, 3.63) is 0 Å². The molecule has 5 heteroatoms. The van der Waals surface area contributed by atoms with Gasteiger partial charge in [0.25, 0.3) is 0 Å². The van der Waals surface area contributed by atoms with E-state index >= 15 is 0 Å². The van der Waals surface area contributed by atoms with Crippen molar-refractivity contribution in [3.8, 4) is 0 Å². The van der Waals surface area contributed by atoms with Gasteiger partial charge in [0.2, 0.25) is 5.96 Å². The number of guanidine groups is 1. The summed E-state index contributed by atoms with van der Waals surface area (Å²) in [7, 11) is 0. The fraction of sp³-hybridized carbons (Fsp3) is 0.920. The smallest absolute Gasteiger partial charge is 0.211 e. The van der Waals surface area contributed by atoms with Crippen LogP contribution in [0.1, 0.15) is 122 Å². The van der Waals surface area contributed by atoms with E-state index < -0.39 is 0 Å². The SMILES string of the molecule is CCCCCCCCCCCCCCC12C[C@@H]3CC(C[C@@H](C3)C1)/C2=N\N=C(N)N.Cl. The Hall–Kier alpha value is -0.770. The van der Waals surface area contributed by atoms with E-state index in [4.69, 9.17) is 11.5 Å². The van der Waals surface area contributed by atoms with Crippen LogP contribution in [0.4, 0.5) is 0 Å². The zero-order chi connectivity index (χ0) is 20.5. The second kappa shape index (κ2) is 12.9. The third kappa shape index (κ3) is 7.14. The molecule has 4 bridgehead atoms. The van der Waals surface area contributed by atoms with Crippen molar-refractivity contribution in [2.45, 2.75) is 122 Å². The molecule has 0 radical (unpaired) electrons. The monoisotopic (exact) mass is 438 g/mol. The van der Waals surface area contributed by atoms with Crippen molar-refractivity contribution in [3.63, 3.8) is 0 Å². The topological polar surface area (TPSA) is 76.8 Å². The number of hydrogen-bond acceptors (Lipinski definition) is 2. The van der Waals surface area contributed by atoms with Crippen molar-refractivity contribution in [2.24, 2.45) is 44.8 Å². The first-order chi connectivity index (χ1) is 14.1. The van der Waals surface area contributed by atoms with Crippen LogP contribution in [0.2, 0.25) is 0 Å². The highest BCUT2D eigenvalue weighted by atomic mass is 35.5. The zero-order valence-corrected chi connectivity index (χ0v) is 20.2. The van der Waals surface area contributed by atoms with Gasteiger partial charge in [0.15, 0.2) is 0 Å². The predicted octanol–water partition coefficient (Wildman–Crippen LogP) is 6.96. The third-order valence-electron chi connectivity index (χ3n) is 7.97. The number of nitrogens with two attached hydrogens (primary N) is 2. The third-order valence-corrected chi connectivity index (χ3v) is 7.97. The summed E-state index contributed by atoms with van der Waals surface area (Å²) in [5.74, 6) is 2.62. The molecular formula is C25H47ClN4. The summed E-state index contributed by atoms with van der Waals surface area (Å²) in [5, 5.41) is 8.71.